The molecule has 1 saturated heterocycles. The Morgan fingerprint density at radius 3 is 3.10 bits per heavy atom. The van der Waals surface area contributed by atoms with Crippen molar-refractivity contribution in [3.05, 3.63) is 22.4 Å². The first-order valence-corrected chi connectivity index (χ1v) is 8.65. The van der Waals surface area contributed by atoms with Gasteiger partial charge in [-0.25, -0.2) is 0 Å². The summed E-state index contributed by atoms with van der Waals surface area (Å²) in [6.07, 6.45) is 7.61. The van der Waals surface area contributed by atoms with E-state index in [0.29, 0.717) is 11.9 Å². The van der Waals surface area contributed by atoms with Crippen LogP contribution >= 0.6 is 11.3 Å². The minimum atomic E-state index is 0.348. The average Bonchev–Trinajstić information content (AvgIpc) is 3.00. The number of nitrogens with zero attached hydrogens (tertiary/aromatic N) is 1. The highest BCUT2D eigenvalue weighted by Gasteiger charge is 2.21. The van der Waals surface area contributed by atoms with Gasteiger partial charge in [-0.1, -0.05) is 12.5 Å². The van der Waals surface area contributed by atoms with Crippen molar-refractivity contribution in [2.24, 2.45) is 0 Å². The van der Waals surface area contributed by atoms with Gasteiger partial charge in [0.25, 0.3) is 0 Å². The van der Waals surface area contributed by atoms with E-state index in [9.17, 15) is 4.79 Å². The number of hydrogen-bond donors (Lipinski definition) is 1. The van der Waals surface area contributed by atoms with E-state index < -0.39 is 0 Å². The number of thiophene rings is 1. The third-order valence-electron chi connectivity index (χ3n) is 4.08. The van der Waals surface area contributed by atoms with Crippen molar-refractivity contribution >= 4 is 17.2 Å². The number of carbonyl (C=O) groups excluding carboxylic acids is 1. The van der Waals surface area contributed by atoms with Crippen molar-refractivity contribution in [1.29, 1.82) is 0 Å². The van der Waals surface area contributed by atoms with Crippen molar-refractivity contribution in [3.8, 4) is 0 Å². The first-order chi connectivity index (χ1) is 9.79. The zero-order valence-electron chi connectivity index (χ0n) is 12.4. The minimum Gasteiger partial charge on any atom is -0.341 e. The van der Waals surface area contributed by atoms with Crippen LogP contribution in [0.4, 0.5) is 0 Å². The van der Waals surface area contributed by atoms with E-state index >= 15 is 0 Å². The van der Waals surface area contributed by atoms with E-state index in [2.05, 4.69) is 22.8 Å². The fraction of sp³-hybridized carbons (Fsp3) is 0.688. The van der Waals surface area contributed by atoms with Gasteiger partial charge in [0.15, 0.2) is 0 Å². The quantitative estimate of drug-likeness (QED) is 0.784. The standard InChI is InChI=1S/C16H26N2OS/c1-17-14-7-5-11-18(13-14)16(19)10-4-2-3-8-15-9-6-12-20-15/h6,9,12,14,17H,2-5,7-8,10-11,13H2,1H3. The largest absolute Gasteiger partial charge is 0.341 e. The highest BCUT2D eigenvalue weighted by atomic mass is 32.1. The third-order valence-corrected chi connectivity index (χ3v) is 5.01. The van der Waals surface area contributed by atoms with Crippen LogP contribution < -0.4 is 5.32 Å². The van der Waals surface area contributed by atoms with Crippen LogP contribution in [0.25, 0.3) is 0 Å². The normalized spacial score (nSPS) is 19.2. The molecule has 0 radical (unpaired) electrons. The Hall–Kier alpha value is -0.870. The second-order valence-corrected chi connectivity index (χ2v) is 6.64. The predicted octanol–water partition coefficient (Wildman–Crippen LogP) is 3.06. The fourth-order valence-electron chi connectivity index (χ4n) is 2.80. The molecule has 20 heavy (non-hydrogen) atoms. The van der Waals surface area contributed by atoms with E-state index in [1.165, 1.54) is 17.7 Å². The molecule has 112 valence electrons. The molecule has 1 aliphatic rings. The van der Waals surface area contributed by atoms with Crippen molar-refractivity contribution < 1.29 is 4.79 Å². The molecule has 1 aromatic rings. The van der Waals surface area contributed by atoms with Gasteiger partial charge in [0.1, 0.15) is 0 Å². The zero-order valence-corrected chi connectivity index (χ0v) is 13.3. The zero-order chi connectivity index (χ0) is 14.2. The summed E-state index contributed by atoms with van der Waals surface area (Å²) in [7, 11) is 1.99. The highest BCUT2D eigenvalue weighted by Crippen LogP contribution is 2.15. The molecule has 2 heterocycles. The summed E-state index contributed by atoms with van der Waals surface area (Å²) in [6, 6.07) is 4.80. The molecule has 4 heteroatoms. The summed E-state index contributed by atoms with van der Waals surface area (Å²) in [5.74, 6) is 0.348. The van der Waals surface area contributed by atoms with Gasteiger partial charge >= 0.3 is 0 Å². The van der Waals surface area contributed by atoms with Gasteiger partial charge in [0, 0.05) is 30.4 Å². The molecule has 1 atom stereocenters. The van der Waals surface area contributed by atoms with Gasteiger partial charge in [-0.15, -0.1) is 11.3 Å². The van der Waals surface area contributed by atoms with Crippen LogP contribution in [-0.4, -0.2) is 37.0 Å². The Morgan fingerprint density at radius 2 is 2.35 bits per heavy atom. The molecule has 0 spiro atoms. The topological polar surface area (TPSA) is 32.3 Å². The van der Waals surface area contributed by atoms with Gasteiger partial charge in [-0.3, -0.25) is 4.79 Å². The second-order valence-electron chi connectivity index (χ2n) is 5.61. The number of likely N-dealkylation sites (tertiary alicyclic amines) is 1. The number of aryl methyl sites for hydroxylation is 1. The Morgan fingerprint density at radius 1 is 1.45 bits per heavy atom. The Labute approximate surface area is 126 Å². The van der Waals surface area contributed by atoms with E-state index in [4.69, 9.17) is 0 Å². The van der Waals surface area contributed by atoms with E-state index in [1.807, 2.05) is 23.3 Å². The molecule has 0 bridgehead atoms. The Balaban J connectivity index is 1.57. The minimum absolute atomic E-state index is 0.348. The number of hydrogen-bond acceptors (Lipinski definition) is 3. The predicted molar refractivity (Wildman–Crippen MR) is 85.2 cm³/mol. The van der Waals surface area contributed by atoms with Crippen LogP contribution in [0.2, 0.25) is 0 Å². The van der Waals surface area contributed by atoms with Crippen LogP contribution in [0.5, 0.6) is 0 Å². The Bertz CT molecular complexity index is 391. The van der Waals surface area contributed by atoms with Gasteiger partial charge in [0.2, 0.25) is 5.91 Å². The van der Waals surface area contributed by atoms with Gasteiger partial charge < -0.3 is 10.2 Å². The SMILES string of the molecule is CNC1CCCN(C(=O)CCCCCc2cccs2)C1. The molecule has 1 unspecified atom stereocenters. The van der Waals surface area contributed by atoms with Crippen molar-refractivity contribution in [2.45, 2.75) is 51.0 Å². The van der Waals surface area contributed by atoms with Gasteiger partial charge in [-0.2, -0.15) is 0 Å². The molecular formula is C16H26N2OS. The summed E-state index contributed by atoms with van der Waals surface area (Å²) in [4.78, 5) is 15.7. The lowest BCUT2D eigenvalue weighted by Crippen LogP contribution is -2.46. The summed E-state index contributed by atoms with van der Waals surface area (Å²) in [5.41, 5.74) is 0. The van der Waals surface area contributed by atoms with Crippen LogP contribution in [0.3, 0.4) is 0 Å². The smallest absolute Gasteiger partial charge is 0.222 e. The maximum absolute atomic E-state index is 12.2. The van der Waals surface area contributed by atoms with E-state index in [-0.39, 0.29) is 0 Å². The number of rotatable bonds is 7. The molecule has 0 aliphatic carbocycles. The molecule has 1 amide bonds. The Kier molecular flexibility index (Phi) is 6.54. The number of likely N-dealkylation sites (N-methyl/N-ethyl adjacent to an activating group) is 1. The van der Waals surface area contributed by atoms with E-state index in [0.717, 1.165) is 45.2 Å². The number of piperidine rings is 1. The summed E-state index contributed by atoms with van der Waals surface area (Å²) >= 11 is 1.83. The molecule has 3 nitrogen and oxygen atoms in total. The van der Waals surface area contributed by atoms with Crippen molar-refractivity contribution in [2.75, 3.05) is 20.1 Å². The van der Waals surface area contributed by atoms with Crippen LogP contribution in [0.15, 0.2) is 17.5 Å². The van der Waals surface area contributed by atoms with Crippen LogP contribution in [-0.2, 0) is 11.2 Å². The lowest BCUT2D eigenvalue weighted by molar-refractivity contribution is -0.132. The third kappa shape index (κ3) is 4.91. The molecule has 0 saturated carbocycles. The maximum Gasteiger partial charge on any atom is 0.222 e. The van der Waals surface area contributed by atoms with Gasteiger partial charge in [-0.05, 0) is 50.6 Å². The average molecular weight is 294 g/mol. The summed E-state index contributed by atoms with van der Waals surface area (Å²) < 4.78 is 0. The number of carbonyl (C=O) groups is 1. The summed E-state index contributed by atoms with van der Waals surface area (Å²) in [5, 5.41) is 5.42. The van der Waals surface area contributed by atoms with E-state index in [1.54, 1.807) is 0 Å². The van der Waals surface area contributed by atoms with Crippen LogP contribution in [0.1, 0.15) is 43.4 Å². The molecule has 0 aromatic carbocycles. The number of amides is 1. The number of unbranched alkanes of at least 4 members (excludes halogenated alkanes) is 2. The second kappa shape index (κ2) is 8.42. The molecular weight excluding hydrogens is 268 g/mol. The molecule has 1 fully saturated rings. The maximum atomic E-state index is 12.2. The monoisotopic (exact) mass is 294 g/mol. The van der Waals surface area contributed by atoms with Gasteiger partial charge in [0.05, 0.1) is 0 Å². The lowest BCUT2D eigenvalue weighted by Gasteiger charge is -2.32. The molecule has 1 aliphatic heterocycles. The molecule has 2 rings (SSSR count). The van der Waals surface area contributed by atoms with Crippen molar-refractivity contribution in [1.82, 2.24) is 10.2 Å². The number of nitrogens with one attached hydrogen (secondary N) is 1. The van der Waals surface area contributed by atoms with Crippen molar-refractivity contribution in [3.63, 3.8) is 0 Å². The molecule has 1 aromatic heterocycles. The van der Waals surface area contributed by atoms with Crippen LogP contribution in [0, 0.1) is 0 Å². The first kappa shape index (κ1) is 15.5. The highest BCUT2D eigenvalue weighted by molar-refractivity contribution is 7.09. The summed E-state index contributed by atoms with van der Waals surface area (Å²) in [6.45, 7) is 1.84. The lowest BCUT2D eigenvalue weighted by atomic mass is 10.0. The first-order valence-electron chi connectivity index (χ1n) is 7.77. The molecule has 1 N–H and O–H groups in total. The fourth-order valence-corrected chi connectivity index (χ4v) is 3.56.